The highest BCUT2D eigenvalue weighted by Gasteiger charge is 2.05. The van der Waals surface area contributed by atoms with Gasteiger partial charge in [0.1, 0.15) is 23.9 Å². The molecule has 1 aromatic carbocycles. The molecule has 0 aliphatic carbocycles. The molecule has 0 aliphatic rings. The molecule has 5 heteroatoms. The lowest BCUT2D eigenvalue weighted by atomic mass is 10.2. The molecule has 0 amide bonds. The standard InChI is InChI=1S/C15H18N2O3/c1-18-12-6-13(19-2)8-14(7-12)20-10-11-4-3-5-17-15(11)9-16/h3-8H,9-10,16H2,1-2H3. The normalized spacial score (nSPS) is 10.2. The van der Waals surface area contributed by atoms with Crippen molar-refractivity contribution < 1.29 is 14.2 Å². The van der Waals surface area contributed by atoms with E-state index in [1.807, 2.05) is 12.1 Å². The van der Waals surface area contributed by atoms with Gasteiger partial charge in [-0.2, -0.15) is 0 Å². The molecule has 106 valence electrons. The zero-order valence-electron chi connectivity index (χ0n) is 11.6. The highest BCUT2D eigenvalue weighted by molar-refractivity contribution is 5.42. The fraction of sp³-hybridized carbons (Fsp3) is 0.267. The van der Waals surface area contributed by atoms with Gasteiger partial charge >= 0.3 is 0 Å². The Morgan fingerprint density at radius 2 is 1.70 bits per heavy atom. The van der Waals surface area contributed by atoms with Crippen LogP contribution in [0.2, 0.25) is 0 Å². The minimum absolute atomic E-state index is 0.390. The number of nitrogens with two attached hydrogens (primary N) is 1. The summed E-state index contributed by atoms with van der Waals surface area (Å²) in [5.74, 6) is 2.04. The lowest BCUT2D eigenvalue weighted by Crippen LogP contribution is -2.06. The number of ether oxygens (including phenoxy) is 3. The van der Waals surface area contributed by atoms with Crippen molar-refractivity contribution in [2.75, 3.05) is 14.2 Å². The molecule has 20 heavy (non-hydrogen) atoms. The molecule has 1 aromatic heterocycles. The summed E-state index contributed by atoms with van der Waals surface area (Å²) in [7, 11) is 3.21. The van der Waals surface area contributed by atoms with Crippen molar-refractivity contribution in [3.8, 4) is 17.2 Å². The molecular weight excluding hydrogens is 256 g/mol. The Morgan fingerprint density at radius 1 is 1.05 bits per heavy atom. The first-order valence-electron chi connectivity index (χ1n) is 6.25. The predicted octanol–water partition coefficient (Wildman–Crippen LogP) is 2.14. The molecule has 0 unspecified atom stereocenters. The first-order valence-corrected chi connectivity index (χ1v) is 6.25. The third-order valence-corrected chi connectivity index (χ3v) is 2.90. The Labute approximate surface area is 118 Å². The summed E-state index contributed by atoms with van der Waals surface area (Å²) >= 11 is 0. The summed E-state index contributed by atoms with van der Waals surface area (Å²) in [5, 5.41) is 0. The number of hydrogen-bond acceptors (Lipinski definition) is 5. The Balaban J connectivity index is 2.14. The molecule has 2 aromatic rings. The largest absolute Gasteiger partial charge is 0.496 e. The Kier molecular flexibility index (Phi) is 4.79. The van der Waals surface area contributed by atoms with E-state index in [1.165, 1.54) is 0 Å². The predicted molar refractivity (Wildman–Crippen MR) is 76.0 cm³/mol. The molecular formula is C15H18N2O3. The Hall–Kier alpha value is -2.27. The van der Waals surface area contributed by atoms with Crippen molar-refractivity contribution >= 4 is 0 Å². The summed E-state index contributed by atoms with van der Waals surface area (Å²) in [6.45, 7) is 0.789. The number of aromatic nitrogens is 1. The van der Waals surface area contributed by atoms with Crippen LogP contribution >= 0.6 is 0 Å². The van der Waals surface area contributed by atoms with Crippen molar-refractivity contribution in [1.82, 2.24) is 4.98 Å². The fourth-order valence-corrected chi connectivity index (χ4v) is 1.81. The van der Waals surface area contributed by atoms with E-state index in [2.05, 4.69) is 4.98 Å². The maximum absolute atomic E-state index is 5.76. The third kappa shape index (κ3) is 3.39. The molecule has 0 fully saturated rings. The molecule has 0 saturated carbocycles. The van der Waals surface area contributed by atoms with Gasteiger partial charge in [0.2, 0.25) is 0 Å². The Bertz CT molecular complexity index is 551. The van der Waals surface area contributed by atoms with Crippen molar-refractivity contribution in [2.24, 2.45) is 5.73 Å². The molecule has 5 nitrogen and oxygen atoms in total. The molecule has 1 heterocycles. The van der Waals surface area contributed by atoms with Crippen LogP contribution in [0.25, 0.3) is 0 Å². The van der Waals surface area contributed by atoms with Gasteiger partial charge in [-0.05, 0) is 6.07 Å². The van der Waals surface area contributed by atoms with Crippen LogP contribution in [0.5, 0.6) is 17.2 Å². The summed E-state index contributed by atoms with van der Waals surface area (Å²) in [6, 6.07) is 9.22. The first kappa shape index (κ1) is 14.1. The van der Waals surface area contributed by atoms with Gasteiger partial charge in [0.25, 0.3) is 0 Å². The monoisotopic (exact) mass is 274 g/mol. The van der Waals surface area contributed by atoms with Gasteiger partial charge in [0.15, 0.2) is 0 Å². The van der Waals surface area contributed by atoms with E-state index in [0.717, 1.165) is 11.3 Å². The number of rotatable bonds is 6. The van der Waals surface area contributed by atoms with Crippen molar-refractivity contribution in [2.45, 2.75) is 13.2 Å². The highest BCUT2D eigenvalue weighted by Crippen LogP contribution is 2.28. The van der Waals surface area contributed by atoms with Gasteiger partial charge in [-0.3, -0.25) is 4.98 Å². The smallest absolute Gasteiger partial charge is 0.127 e. The van der Waals surface area contributed by atoms with Gasteiger partial charge in [0, 0.05) is 36.5 Å². The van der Waals surface area contributed by atoms with Gasteiger partial charge in [-0.15, -0.1) is 0 Å². The van der Waals surface area contributed by atoms with Crippen molar-refractivity contribution in [3.05, 3.63) is 47.8 Å². The number of pyridine rings is 1. The zero-order valence-corrected chi connectivity index (χ0v) is 11.6. The Morgan fingerprint density at radius 3 is 2.30 bits per heavy atom. The van der Waals surface area contributed by atoms with Crippen LogP contribution in [0.3, 0.4) is 0 Å². The summed E-state index contributed by atoms with van der Waals surface area (Å²) < 4.78 is 16.2. The van der Waals surface area contributed by atoms with E-state index in [4.69, 9.17) is 19.9 Å². The quantitative estimate of drug-likeness (QED) is 0.874. The van der Waals surface area contributed by atoms with E-state index >= 15 is 0 Å². The fourth-order valence-electron chi connectivity index (χ4n) is 1.81. The van der Waals surface area contributed by atoms with E-state index in [-0.39, 0.29) is 0 Å². The molecule has 0 saturated heterocycles. The summed E-state index contributed by atoms with van der Waals surface area (Å²) in [5.41, 5.74) is 7.46. The van der Waals surface area contributed by atoms with E-state index in [0.29, 0.717) is 30.4 Å². The lowest BCUT2D eigenvalue weighted by Gasteiger charge is -2.11. The molecule has 2 rings (SSSR count). The van der Waals surface area contributed by atoms with Gasteiger partial charge < -0.3 is 19.9 Å². The molecule has 0 aliphatic heterocycles. The zero-order chi connectivity index (χ0) is 14.4. The van der Waals surface area contributed by atoms with Crippen molar-refractivity contribution in [3.63, 3.8) is 0 Å². The maximum Gasteiger partial charge on any atom is 0.127 e. The van der Waals surface area contributed by atoms with Crippen molar-refractivity contribution in [1.29, 1.82) is 0 Å². The molecule has 0 atom stereocenters. The van der Waals surface area contributed by atoms with Crippen LogP contribution in [0.4, 0.5) is 0 Å². The van der Waals surface area contributed by atoms with E-state index < -0.39 is 0 Å². The number of benzene rings is 1. The second kappa shape index (κ2) is 6.77. The van der Waals surface area contributed by atoms with Gasteiger partial charge in [-0.25, -0.2) is 0 Å². The van der Waals surface area contributed by atoms with Crippen LogP contribution in [0.15, 0.2) is 36.5 Å². The van der Waals surface area contributed by atoms with Crippen LogP contribution in [-0.2, 0) is 13.2 Å². The van der Waals surface area contributed by atoms with E-state index in [1.54, 1.807) is 38.6 Å². The summed E-state index contributed by atoms with van der Waals surface area (Å²) in [4.78, 5) is 4.22. The third-order valence-electron chi connectivity index (χ3n) is 2.90. The minimum Gasteiger partial charge on any atom is -0.496 e. The minimum atomic E-state index is 0.390. The van der Waals surface area contributed by atoms with Crippen LogP contribution in [0, 0.1) is 0 Å². The number of methoxy groups -OCH3 is 2. The average molecular weight is 274 g/mol. The SMILES string of the molecule is COc1cc(OC)cc(OCc2cccnc2CN)c1. The van der Waals surface area contributed by atoms with Crippen LogP contribution in [-0.4, -0.2) is 19.2 Å². The molecule has 0 spiro atoms. The van der Waals surface area contributed by atoms with Gasteiger partial charge in [0.05, 0.1) is 19.9 Å². The topological polar surface area (TPSA) is 66.6 Å². The second-order valence-corrected chi connectivity index (χ2v) is 4.15. The van der Waals surface area contributed by atoms with Gasteiger partial charge in [-0.1, -0.05) is 6.07 Å². The number of hydrogen-bond donors (Lipinski definition) is 1. The van der Waals surface area contributed by atoms with Crippen LogP contribution < -0.4 is 19.9 Å². The highest BCUT2D eigenvalue weighted by atomic mass is 16.5. The summed E-state index contributed by atoms with van der Waals surface area (Å²) in [6.07, 6.45) is 1.72. The molecule has 0 bridgehead atoms. The average Bonchev–Trinajstić information content (AvgIpc) is 2.52. The lowest BCUT2D eigenvalue weighted by molar-refractivity contribution is 0.298. The molecule has 0 radical (unpaired) electrons. The van der Waals surface area contributed by atoms with Crippen LogP contribution in [0.1, 0.15) is 11.3 Å². The maximum atomic E-state index is 5.76. The second-order valence-electron chi connectivity index (χ2n) is 4.15. The molecule has 2 N–H and O–H groups in total. The first-order chi connectivity index (χ1) is 9.76. The number of nitrogens with zero attached hydrogens (tertiary/aromatic N) is 1. The van der Waals surface area contributed by atoms with E-state index in [9.17, 15) is 0 Å².